The lowest BCUT2D eigenvalue weighted by Crippen LogP contribution is -2.15. The molecule has 1 aliphatic rings. The fraction of sp³-hybridized carbons (Fsp3) is 0.579. The van der Waals surface area contributed by atoms with Crippen molar-refractivity contribution in [2.45, 2.75) is 51.9 Å². The second kappa shape index (κ2) is 9.67. The summed E-state index contributed by atoms with van der Waals surface area (Å²) in [5.74, 6) is 0.961. The van der Waals surface area contributed by atoms with Crippen molar-refractivity contribution in [1.29, 1.82) is 0 Å². The summed E-state index contributed by atoms with van der Waals surface area (Å²) in [5.41, 5.74) is 1.10. The molecule has 1 saturated carbocycles. The Morgan fingerprint density at radius 2 is 2.00 bits per heavy atom. The summed E-state index contributed by atoms with van der Waals surface area (Å²) in [6, 6.07) is 5.03. The van der Waals surface area contributed by atoms with Crippen LogP contribution < -0.4 is 10.1 Å². The molecule has 0 aliphatic heterocycles. The van der Waals surface area contributed by atoms with Crippen LogP contribution in [0.15, 0.2) is 18.2 Å². The van der Waals surface area contributed by atoms with E-state index in [1.165, 1.54) is 32.1 Å². The zero-order valence-corrected chi connectivity index (χ0v) is 15.0. The van der Waals surface area contributed by atoms with E-state index in [0.29, 0.717) is 35.9 Å². The molecule has 0 saturated heterocycles. The van der Waals surface area contributed by atoms with Crippen molar-refractivity contribution in [2.75, 3.05) is 17.8 Å². The van der Waals surface area contributed by atoms with E-state index in [0.717, 1.165) is 6.42 Å². The molecule has 0 unspecified atom stereocenters. The maximum Gasteiger partial charge on any atom is 0.224 e. The number of Topliss-reactive ketones (excluding diaryl/α,β-unsaturated/α-hetero) is 1. The van der Waals surface area contributed by atoms with Crippen molar-refractivity contribution in [1.82, 2.24) is 0 Å². The Labute approximate surface area is 148 Å². The van der Waals surface area contributed by atoms with Gasteiger partial charge in [0, 0.05) is 12.0 Å². The van der Waals surface area contributed by atoms with Gasteiger partial charge >= 0.3 is 0 Å². The van der Waals surface area contributed by atoms with Gasteiger partial charge in [0.25, 0.3) is 0 Å². The van der Waals surface area contributed by atoms with Crippen molar-refractivity contribution in [3.8, 4) is 5.75 Å². The average molecular weight is 352 g/mol. The van der Waals surface area contributed by atoms with Gasteiger partial charge in [0.2, 0.25) is 5.91 Å². The molecule has 1 aliphatic carbocycles. The Kier molecular flexibility index (Phi) is 7.57. The number of ketones is 1. The fourth-order valence-electron chi connectivity index (χ4n) is 3.17. The number of rotatable bonds is 8. The molecule has 0 aromatic heterocycles. The van der Waals surface area contributed by atoms with E-state index in [1.807, 2.05) is 6.92 Å². The van der Waals surface area contributed by atoms with Crippen LogP contribution in [0, 0.1) is 5.92 Å². The third-order valence-electron chi connectivity index (χ3n) is 4.50. The highest BCUT2D eigenvalue weighted by Crippen LogP contribution is 2.29. The maximum atomic E-state index is 12.2. The molecule has 1 fully saturated rings. The second-order valence-corrected chi connectivity index (χ2v) is 6.56. The normalized spacial score (nSPS) is 15.1. The Balaban J connectivity index is 1.96. The van der Waals surface area contributed by atoms with Crippen LogP contribution in [0.2, 0.25) is 0 Å². The van der Waals surface area contributed by atoms with Gasteiger partial charge in [-0.3, -0.25) is 9.59 Å². The SMILES string of the molecule is CCOc1cc(C(=O)CCl)ccc1NC(=O)CCC1CCCCC1. The Hall–Kier alpha value is -1.55. The predicted octanol–water partition coefficient (Wildman–Crippen LogP) is 4.81. The molecule has 1 N–H and O–H groups in total. The first-order chi connectivity index (χ1) is 11.6. The van der Waals surface area contributed by atoms with E-state index in [1.54, 1.807) is 18.2 Å². The van der Waals surface area contributed by atoms with Crippen LogP contribution in [0.3, 0.4) is 0 Å². The van der Waals surface area contributed by atoms with Gasteiger partial charge in [-0.15, -0.1) is 11.6 Å². The summed E-state index contributed by atoms with van der Waals surface area (Å²) >= 11 is 5.59. The van der Waals surface area contributed by atoms with Gasteiger partial charge < -0.3 is 10.1 Å². The Morgan fingerprint density at radius 1 is 1.25 bits per heavy atom. The zero-order chi connectivity index (χ0) is 17.4. The number of carbonyl (C=O) groups excluding carboxylic acids is 2. The summed E-state index contributed by atoms with van der Waals surface area (Å²) in [5, 5.41) is 2.91. The maximum absolute atomic E-state index is 12.2. The zero-order valence-electron chi connectivity index (χ0n) is 14.3. The van der Waals surface area contributed by atoms with Crippen LogP contribution in [-0.4, -0.2) is 24.2 Å². The topological polar surface area (TPSA) is 55.4 Å². The lowest BCUT2D eigenvalue weighted by Gasteiger charge is -2.21. The molecule has 0 heterocycles. The molecule has 0 bridgehead atoms. The van der Waals surface area contributed by atoms with Gasteiger partial charge in [-0.05, 0) is 37.5 Å². The van der Waals surface area contributed by atoms with Crippen molar-refractivity contribution in [3.63, 3.8) is 0 Å². The van der Waals surface area contributed by atoms with Crippen LogP contribution in [-0.2, 0) is 4.79 Å². The lowest BCUT2D eigenvalue weighted by atomic mass is 9.86. The first-order valence-corrected chi connectivity index (χ1v) is 9.33. The standard InChI is InChI=1S/C19H26ClNO3/c1-2-24-18-12-15(17(22)13-20)9-10-16(18)21-19(23)11-8-14-6-4-3-5-7-14/h9-10,12,14H,2-8,11,13H2,1H3,(H,21,23). The number of ether oxygens (including phenoxy) is 1. The number of benzene rings is 1. The molecule has 5 heteroatoms. The quantitative estimate of drug-likeness (QED) is 0.540. The number of hydrogen-bond acceptors (Lipinski definition) is 3. The minimum atomic E-state index is -0.159. The molecule has 0 atom stereocenters. The van der Waals surface area contributed by atoms with Crippen LogP contribution in [0.5, 0.6) is 5.75 Å². The molecule has 1 aromatic carbocycles. The Bertz CT molecular complexity index is 568. The van der Waals surface area contributed by atoms with E-state index in [9.17, 15) is 9.59 Å². The highest BCUT2D eigenvalue weighted by atomic mass is 35.5. The average Bonchev–Trinajstić information content (AvgIpc) is 2.62. The number of halogens is 1. The molecule has 132 valence electrons. The molecular formula is C19H26ClNO3. The number of amides is 1. The fourth-order valence-corrected chi connectivity index (χ4v) is 3.33. The van der Waals surface area contributed by atoms with Crippen molar-refractivity contribution in [2.24, 2.45) is 5.92 Å². The summed E-state index contributed by atoms with van der Waals surface area (Å²) < 4.78 is 5.56. The number of nitrogens with one attached hydrogen (secondary N) is 1. The highest BCUT2D eigenvalue weighted by molar-refractivity contribution is 6.30. The highest BCUT2D eigenvalue weighted by Gasteiger charge is 2.16. The molecule has 2 rings (SSSR count). The summed E-state index contributed by atoms with van der Waals surface area (Å²) in [4.78, 5) is 23.9. The molecule has 24 heavy (non-hydrogen) atoms. The smallest absolute Gasteiger partial charge is 0.224 e. The molecule has 1 aromatic rings. The van der Waals surface area contributed by atoms with Gasteiger partial charge in [-0.2, -0.15) is 0 Å². The monoisotopic (exact) mass is 351 g/mol. The van der Waals surface area contributed by atoms with Crippen molar-refractivity contribution < 1.29 is 14.3 Å². The van der Waals surface area contributed by atoms with Gasteiger partial charge in [0.05, 0.1) is 18.2 Å². The van der Waals surface area contributed by atoms with Gasteiger partial charge in [0.15, 0.2) is 5.78 Å². The van der Waals surface area contributed by atoms with Gasteiger partial charge in [-0.25, -0.2) is 0 Å². The second-order valence-electron chi connectivity index (χ2n) is 6.29. The predicted molar refractivity (Wildman–Crippen MR) is 97.1 cm³/mol. The molecule has 0 radical (unpaired) electrons. The lowest BCUT2D eigenvalue weighted by molar-refractivity contribution is -0.116. The van der Waals surface area contributed by atoms with E-state index in [4.69, 9.17) is 16.3 Å². The van der Waals surface area contributed by atoms with Crippen LogP contribution >= 0.6 is 11.6 Å². The Morgan fingerprint density at radius 3 is 2.67 bits per heavy atom. The largest absolute Gasteiger partial charge is 0.492 e. The van der Waals surface area contributed by atoms with Crippen molar-refractivity contribution in [3.05, 3.63) is 23.8 Å². The third-order valence-corrected chi connectivity index (χ3v) is 4.75. The summed E-state index contributed by atoms with van der Waals surface area (Å²) in [7, 11) is 0. The van der Waals surface area contributed by atoms with Crippen LogP contribution in [0.4, 0.5) is 5.69 Å². The first kappa shape index (κ1) is 18.8. The van der Waals surface area contributed by atoms with Crippen LogP contribution in [0.25, 0.3) is 0 Å². The molecular weight excluding hydrogens is 326 g/mol. The summed E-state index contributed by atoms with van der Waals surface area (Å²) in [6.07, 6.45) is 7.86. The summed E-state index contributed by atoms with van der Waals surface area (Å²) in [6.45, 7) is 2.33. The van der Waals surface area contributed by atoms with Crippen LogP contribution in [0.1, 0.15) is 62.2 Å². The number of alkyl halides is 1. The van der Waals surface area contributed by atoms with Gasteiger partial charge in [-0.1, -0.05) is 32.1 Å². The van der Waals surface area contributed by atoms with E-state index < -0.39 is 0 Å². The minimum absolute atomic E-state index is 0.00190. The molecule has 4 nitrogen and oxygen atoms in total. The van der Waals surface area contributed by atoms with Crippen molar-refractivity contribution >= 4 is 29.0 Å². The number of anilines is 1. The number of hydrogen-bond donors (Lipinski definition) is 1. The van der Waals surface area contributed by atoms with E-state index >= 15 is 0 Å². The van der Waals surface area contributed by atoms with Gasteiger partial charge in [0.1, 0.15) is 5.75 Å². The molecule has 1 amide bonds. The first-order valence-electron chi connectivity index (χ1n) is 8.80. The minimum Gasteiger partial charge on any atom is -0.492 e. The third kappa shape index (κ3) is 5.52. The van der Waals surface area contributed by atoms with E-state index in [2.05, 4.69) is 5.32 Å². The number of carbonyl (C=O) groups is 2. The molecule has 0 spiro atoms. The van der Waals surface area contributed by atoms with E-state index in [-0.39, 0.29) is 17.6 Å².